The van der Waals surface area contributed by atoms with E-state index in [1.165, 1.54) is 19.3 Å². The van der Waals surface area contributed by atoms with Gasteiger partial charge < -0.3 is 5.11 Å². The van der Waals surface area contributed by atoms with Crippen molar-refractivity contribution in [1.29, 1.82) is 0 Å². The zero-order valence-electron chi connectivity index (χ0n) is 8.12. The van der Waals surface area contributed by atoms with Crippen LogP contribution in [0.5, 0.6) is 0 Å². The number of hydrogen-bond acceptors (Lipinski definition) is 2. The lowest BCUT2D eigenvalue weighted by atomic mass is 9.96. The molecule has 0 saturated heterocycles. The van der Waals surface area contributed by atoms with Gasteiger partial charge in [0.25, 0.3) is 0 Å². The molecule has 2 rings (SSSR count). The third-order valence-electron chi connectivity index (χ3n) is 2.90. The predicted octanol–water partition coefficient (Wildman–Crippen LogP) is 2.53. The van der Waals surface area contributed by atoms with Crippen LogP contribution in [0.25, 0.3) is 0 Å². The molecule has 0 aromatic carbocycles. The Balaban J connectivity index is 2.18. The summed E-state index contributed by atoms with van der Waals surface area (Å²) in [5.74, 6) is 0. The van der Waals surface area contributed by atoms with Crippen molar-refractivity contribution in [2.45, 2.75) is 44.8 Å². The maximum Gasteiger partial charge on any atom is 0.132 e. The van der Waals surface area contributed by atoms with Crippen molar-refractivity contribution in [2.75, 3.05) is 0 Å². The Hall–Kier alpha value is -0.540. The van der Waals surface area contributed by atoms with E-state index in [0.29, 0.717) is 11.2 Å². The van der Waals surface area contributed by atoms with Crippen LogP contribution in [0.1, 0.15) is 43.7 Å². The number of nitrogens with zero attached hydrogens (tertiary/aromatic N) is 2. The number of halogens is 1. The minimum Gasteiger partial charge on any atom is -0.392 e. The van der Waals surface area contributed by atoms with Crippen LogP contribution in [0, 0.1) is 0 Å². The summed E-state index contributed by atoms with van der Waals surface area (Å²) in [7, 11) is 0. The second-order valence-corrected chi connectivity index (χ2v) is 4.21. The molecule has 78 valence electrons. The monoisotopic (exact) mass is 214 g/mol. The number of rotatable bonds is 2. The number of aliphatic hydroxyl groups is 1. The quantitative estimate of drug-likeness (QED) is 0.822. The average Bonchev–Trinajstić information content (AvgIpc) is 2.61. The molecule has 1 aliphatic carbocycles. The SMILES string of the molecule is OCc1cnn(C2CCCCC2)c1Cl. The van der Waals surface area contributed by atoms with Crippen molar-refractivity contribution in [3.05, 3.63) is 16.9 Å². The topological polar surface area (TPSA) is 38.1 Å². The normalized spacial score (nSPS) is 18.7. The van der Waals surface area contributed by atoms with E-state index in [1.54, 1.807) is 6.20 Å². The van der Waals surface area contributed by atoms with Gasteiger partial charge >= 0.3 is 0 Å². The summed E-state index contributed by atoms with van der Waals surface area (Å²) in [5.41, 5.74) is 0.734. The minimum absolute atomic E-state index is 0.0223. The molecule has 1 heterocycles. The molecule has 1 fully saturated rings. The number of hydrogen-bond donors (Lipinski definition) is 1. The van der Waals surface area contributed by atoms with Crippen molar-refractivity contribution in [3.63, 3.8) is 0 Å². The van der Waals surface area contributed by atoms with E-state index in [9.17, 15) is 0 Å². The fourth-order valence-electron chi connectivity index (χ4n) is 2.07. The van der Waals surface area contributed by atoms with E-state index in [1.807, 2.05) is 4.68 Å². The van der Waals surface area contributed by atoms with Crippen molar-refractivity contribution >= 4 is 11.6 Å². The molecule has 0 atom stereocenters. The molecule has 0 radical (unpaired) electrons. The molecule has 3 nitrogen and oxygen atoms in total. The largest absolute Gasteiger partial charge is 0.392 e. The molecule has 1 saturated carbocycles. The van der Waals surface area contributed by atoms with Crippen LogP contribution in [-0.2, 0) is 6.61 Å². The van der Waals surface area contributed by atoms with Gasteiger partial charge in [0.1, 0.15) is 5.15 Å². The van der Waals surface area contributed by atoms with Gasteiger partial charge in [0.15, 0.2) is 0 Å². The van der Waals surface area contributed by atoms with Crippen molar-refractivity contribution in [3.8, 4) is 0 Å². The molecular formula is C10H15ClN2O. The second kappa shape index (κ2) is 4.32. The lowest BCUT2D eigenvalue weighted by Gasteiger charge is -2.22. The van der Waals surface area contributed by atoms with Gasteiger partial charge in [0, 0.05) is 5.56 Å². The molecule has 1 aliphatic rings. The van der Waals surface area contributed by atoms with Gasteiger partial charge in [-0.05, 0) is 12.8 Å². The van der Waals surface area contributed by atoms with Gasteiger partial charge in [0.2, 0.25) is 0 Å². The van der Waals surface area contributed by atoms with E-state index >= 15 is 0 Å². The van der Waals surface area contributed by atoms with E-state index < -0.39 is 0 Å². The smallest absolute Gasteiger partial charge is 0.132 e. The van der Waals surface area contributed by atoms with Crippen LogP contribution in [-0.4, -0.2) is 14.9 Å². The van der Waals surface area contributed by atoms with Crippen molar-refractivity contribution in [2.24, 2.45) is 0 Å². The summed E-state index contributed by atoms with van der Waals surface area (Å²) in [6.45, 7) is -0.0223. The third-order valence-corrected chi connectivity index (χ3v) is 3.31. The summed E-state index contributed by atoms with van der Waals surface area (Å²) in [4.78, 5) is 0. The molecular weight excluding hydrogens is 200 g/mol. The first kappa shape index (κ1) is 9.99. The number of aromatic nitrogens is 2. The highest BCUT2D eigenvalue weighted by Gasteiger charge is 2.19. The number of aliphatic hydroxyl groups excluding tert-OH is 1. The summed E-state index contributed by atoms with van der Waals surface area (Å²) >= 11 is 6.10. The Labute approximate surface area is 88.7 Å². The third kappa shape index (κ3) is 1.79. The molecule has 0 bridgehead atoms. The molecule has 1 aromatic heterocycles. The molecule has 0 amide bonds. The standard InChI is InChI=1S/C10H15ClN2O/c11-10-8(7-14)6-12-13(10)9-4-2-1-3-5-9/h6,9,14H,1-5,7H2. The van der Waals surface area contributed by atoms with E-state index in [0.717, 1.165) is 18.4 Å². The second-order valence-electron chi connectivity index (χ2n) is 3.86. The molecule has 1 N–H and O–H groups in total. The zero-order valence-corrected chi connectivity index (χ0v) is 8.87. The van der Waals surface area contributed by atoms with Crippen LogP contribution in [0.2, 0.25) is 5.15 Å². The predicted molar refractivity (Wildman–Crippen MR) is 55.3 cm³/mol. The molecule has 0 aliphatic heterocycles. The average molecular weight is 215 g/mol. The maximum atomic E-state index is 8.99. The van der Waals surface area contributed by atoms with Crippen LogP contribution >= 0.6 is 11.6 Å². The zero-order chi connectivity index (χ0) is 9.97. The highest BCUT2D eigenvalue weighted by atomic mass is 35.5. The van der Waals surface area contributed by atoms with Crippen LogP contribution in [0.3, 0.4) is 0 Å². The summed E-state index contributed by atoms with van der Waals surface area (Å²) in [5, 5.41) is 13.8. The Bertz CT molecular complexity index is 305. The van der Waals surface area contributed by atoms with Crippen molar-refractivity contribution < 1.29 is 5.11 Å². The molecule has 0 spiro atoms. The first-order chi connectivity index (χ1) is 6.83. The minimum atomic E-state index is -0.0223. The first-order valence-electron chi connectivity index (χ1n) is 5.15. The Morgan fingerprint density at radius 3 is 2.71 bits per heavy atom. The lowest BCUT2D eigenvalue weighted by molar-refractivity contribution is 0.281. The van der Waals surface area contributed by atoms with Gasteiger partial charge in [-0.25, -0.2) is 0 Å². The van der Waals surface area contributed by atoms with E-state index in [4.69, 9.17) is 16.7 Å². The fourth-order valence-corrected chi connectivity index (χ4v) is 2.36. The molecule has 4 heteroatoms. The summed E-state index contributed by atoms with van der Waals surface area (Å²) in [6, 6.07) is 0.441. The van der Waals surface area contributed by atoms with Gasteiger partial charge in [-0.1, -0.05) is 30.9 Å². The van der Waals surface area contributed by atoms with E-state index in [2.05, 4.69) is 5.10 Å². The van der Waals surface area contributed by atoms with Gasteiger partial charge in [-0.2, -0.15) is 5.10 Å². The Morgan fingerprint density at radius 1 is 1.43 bits per heavy atom. The van der Waals surface area contributed by atoms with Crippen LogP contribution < -0.4 is 0 Å². The summed E-state index contributed by atoms with van der Waals surface area (Å²) in [6.07, 6.45) is 7.82. The highest BCUT2D eigenvalue weighted by molar-refractivity contribution is 6.30. The van der Waals surface area contributed by atoms with Gasteiger partial charge in [-0.15, -0.1) is 0 Å². The molecule has 14 heavy (non-hydrogen) atoms. The highest BCUT2D eigenvalue weighted by Crippen LogP contribution is 2.31. The Morgan fingerprint density at radius 2 is 2.14 bits per heavy atom. The van der Waals surface area contributed by atoms with Crippen LogP contribution in [0.4, 0.5) is 0 Å². The van der Waals surface area contributed by atoms with Crippen LogP contribution in [0.15, 0.2) is 6.20 Å². The molecule has 1 aromatic rings. The van der Waals surface area contributed by atoms with Crippen molar-refractivity contribution in [1.82, 2.24) is 9.78 Å². The fraction of sp³-hybridized carbons (Fsp3) is 0.700. The first-order valence-corrected chi connectivity index (χ1v) is 5.53. The Kier molecular flexibility index (Phi) is 3.08. The van der Waals surface area contributed by atoms with E-state index in [-0.39, 0.29) is 6.61 Å². The maximum absolute atomic E-state index is 8.99. The van der Waals surface area contributed by atoms with Gasteiger partial charge in [0.05, 0.1) is 18.8 Å². The lowest BCUT2D eigenvalue weighted by Crippen LogP contribution is -2.14. The molecule has 0 unspecified atom stereocenters. The van der Waals surface area contributed by atoms with Gasteiger partial charge in [-0.3, -0.25) is 4.68 Å². The summed E-state index contributed by atoms with van der Waals surface area (Å²) < 4.78 is 1.87.